The molecule has 0 N–H and O–H groups in total. The number of benzene rings is 1. The van der Waals surface area contributed by atoms with Crippen LogP contribution in [0.3, 0.4) is 0 Å². The lowest BCUT2D eigenvalue weighted by molar-refractivity contribution is -0.377. The van der Waals surface area contributed by atoms with Gasteiger partial charge in [-0.15, -0.1) is 0 Å². The van der Waals surface area contributed by atoms with E-state index >= 15 is 0 Å². The molecule has 4 fully saturated rings. The largest absolute Gasteiger partial charge is 0.335 e. The maximum Gasteiger partial charge on any atom is 0.236 e. The number of likely N-dealkylation sites (tertiary alicyclic amines) is 1. The number of carbonyl (C=O) groups excluding carboxylic acids is 2. The van der Waals surface area contributed by atoms with E-state index in [0.717, 1.165) is 31.4 Å². The molecule has 1 aromatic rings. The van der Waals surface area contributed by atoms with Gasteiger partial charge >= 0.3 is 0 Å². The van der Waals surface area contributed by atoms with Gasteiger partial charge in [-0.25, -0.2) is 4.39 Å². The van der Waals surface area contributed by atoms with Crippen LogP contribution in [0.4, 0.5) is 4.39 Å². The number of nitrogens with zero attached hydrogens (tertiary/aromatic N) is 3. The first-order chi connectivity index (χ1) is 16.9. The maximum atomic E-state index is 14.7. The zero-order chi connectivity index (χ0) is 24.5. The number of amides is 1. The number of piperazine rings is 1. The van der Waals surface area contributed by atoms with Crippen molar-refractivity contribution in [2.75, 3.05) is 45.8 Å². The van der Waals surface area contributed by atoms with E-state index < -0.39 is 6.04 Å². The quantitative estimate of drug-likeness (QED) is 0.435. The fraction of sp³-hybridized carbons (Fsp3) is 0.615. The van der Waals surface area contributed by atoms with Crippen molar-refractivity contribution in [3.8, 4) is 0 Å². The van der Waals surface area contributed by atoms with E-state index in [1.165, 1.54) is 6.07 Å². The third kappa shape index (κ3) is 5.80. The summed E-state index contributed by atoms with van der Waals surface area (Å²) >= 11 is 4.79. The summed E-state index contributed by atoms with van der Waals surface area (Å²) in [5, 5.41) is 0.0930. The molecule has 0 radical (unpaired) electrons. The molecule has 5 rings (SSSR count). The number of carbonyl (C=O) groups is 2. The summed E-state index contributed by atoms with van der Waals surface area (Å²) in [6, 6.07) is 6.08. The van der Waals surface area contributed by atoms with Gasteiger partial charge in [0, 0.05) is 49.5 Å². The first kappa shape index (κ1) is 24.9. The van der Waals surface area contributed by atoms with Crippen LogP contribution in [0.5, 0.6) is 0 Å². The van der Waals surface area contributed by atoms with Crippen LogP contribution < -0.4 is 0 Å². The zero-order valence-corrected chi connectivity index (χ0v) is 21.0. The molecule has 1 saturated carbocycles. The van der Waals surface area contributed by atoms with Gasteiger partial charge in [0.25, 0.3) is 0 Å². The maximum absolute atomic E-state index is 14.7. The van der Waals surface area contributed by atoms with Gasteiger partial charge in [-0.1, -0.05) is 24.3 Å². The van der Waals surface area contributed by atoms with Crippen LogP contribution >= 0.6 is 12.6 Å². The molecule has 190 valence electrons. The van der Waals surface area contributed by atoms with Crippen LogP contribution in [0.1, 0.15) is 37.8 Å². The second kappa shape index (κ2) is 10.7. The van der Waals surface area contributed by atoms with Crippen LogP contribution in [0.15, 0.2) is 35.9 Å². The zero-order valence-electron chi connectivity index (χ0n) is 20.1. The summed E-state index contributed by atoms with van der Waals surface area (Å²) in [6.07, 6.45) is 4.23. The normalized spacial score (nSPS) is 30.4. The Kier molecular flexibility index (Phi) is 7.60. The Hall–Kier alpha value is -1.78. The van der Waals surface area contributed by atoms with Crippen LogP contribution in [-0.2, 0) is 19.1 Å². The van der Waals surface area contributed by atoms with Crippen molar-refractivity contribution in [1.29, 1.82) is 0 Å². The number of ketones is 1. The van der Waals surface area contributed by atoms with Gasteiger partial charge in [0.15, 0.2) is 18.4 Å². The number of ether oxygens (including phenoxy) is 2. The van der Waals surface area contributed by atoms with Gasteiger partial charge in [-0.3, -0.25) is 19.4 Å². The fourth-order valence-electron chi connectivity index (χ4n) is 5.19. The van der Waals surface area contributed by atoms with Crippen LogP contribution in [0, 0.1) is 11.7 Å². The van der Waals surface area contributed by atoms with E-state index in [0.29, 0.717) is 44.8 Å². The van der Waals surface area contributed by atoms with Crippen molar-refractivity contribution in [3.05, 3.63) is 47.3 Å². The predicted molar refractivity (Wildman–Crippen MR) is 132 cm³/mol. The van der Waals surface area contributed by atoms with E-state index in [1.807, 2.05) is 6.92 Å². The highest BCUT2D eigenvalue weighted by Crippen LogP contribution is 2.39. The Labute approximate surface area is 211 Å². The Morgan fingerprint density at radius 3 is 2.63 bits per heavy atom. The Morgan fingerprint density at radius 1 is 1.17 bits per heavy atom. The highest BCUT2D eigenvalue weighted by molar-refractivity contribution is 7.81. The Balaban J connectivity index is 1.22. The van der Waals surface area contributed by atoms with E-state index in [1.54, 1.807) is 23.1 Å². The summed E-state index contributed by atoms with van der Waals surface area (Å²) in [5.74, 6) is -0.0815. The molecule has 4 aliphatic rings. The number of hydrogen-bond donors (Lipinski definition) is 1. The minimum atomic E-state index is -0.559. The van der Waals surface area contributed by atoms with Gasteiger partial charge in [0.2, 0.25) is 5.91 Å². The van der Waals surface area contributed by atoms with Crippen LogP contribution in [0.25, 0.3) is 0 Å². The Bertz CT molecular complexity index is 981. The van der Waals surface area contributed by atoms with E-state index in [2.05, 4.69) is 15.9 Å². The van der Waals surface area contributed by atoms with Crippen LogP contribution in [0.2, 0.25) is 0 Å². The van der Waals surface area contributed by atoms with Crippen molar-refractivity contribution in [2.45, 2.75) is 50.1 Å². The molecular weight excluding hydrogens is 469 g/mol. The summed E-state index contributed by atoms with van der Waals surface area (Å²) < 4.78 is 25.6. The minimum Gasteiger partial charge on any atom is -0.335 e. The average Bonchev–Trinajstić information content (AvgIpc) is 3.66. The SMILES string of the molecule is CC1OC(CN2CCN(C/C=C3\CN(C(C(=O)C4CC4)c4ccccc4F)CCC3S)CC2=O)O1. The topological polar surface area (TPSA) is 62.3 Å². The highest BCUT2D eigenvalue weighted by Gasteiger charge is 2.41. The predicted octanol–water partition coefficient (Wildman–Crippen LogP) is 2.64. The van der Waals surface area contributed by atoms with E-state index in [-0.39, 0.29) is 41.3 Å². The number of halogens is 1. The number of Topliss-reactive ketones (excluding diaryl/α,β-unsaturated/α-hetero) is 1. The van der Waals surface area contributed by atoms with Gasteiger partial charge in [-0.05, 0) is 37.8 Å². The second-order valence-corrected chi connectivity index (χ2v) is 10.6. The number of hydrogen-bond acceptors (Lipinski definition) is 7. The van der Waals surface area contributed by atoms with Gasteiger partial charge in [0.1, 0.15) is 5.82 Å². The van der Waals surface area contributed by atoms with Crippen molar-refractivity contribution in [3.63, 3.8) is 0 Å². The molecule has 1 aromatic carbocycles. The molecule has 3 heterocycles. The van der Waals surface area contributed by atoms with E-state index in [9.17, 15) is 14.0 Å². The third-order valence-electron chi connectivity index (χ3n) is 7.38. The lowest BCUT2D eigenvalue weighted by Gasteiger charge is -2.40. The number of rotatable bonds is 8. The first-order valence-electron chi connectivity index (χ1n) is 12.6. The molecule has 3 aliphatic heterocycles. The average molecular weight is 504 g/mol. The molecule has 1 amide bonds. The lowest BCUT2D eigenvalue weighted by atomic mass is 9.93. The van der Waals surface area contributed by atoms with Crippen molar-refractivity contribution in [2.24, 2.45) is 5.92 Å². The highest BCUT2D eigenvalue weighted by atomic mass is 32.1. The molecule has 9 heteroatoms. The van der Waals surface area contributed by atoms with Crippen LogP contribution in [-0.4, -0.2) is 90.0 Å². The molecule has 2 unspecified atom stereocenters. The van der Waals surface area contributed by atoms with Crippen molar-refractivity contribution >= 4 is 24.3 Å². The molecule has 0 bridgehead atoms. The first-order valence-corrected chi connectivity index (χ1v) is 13.1. The summed E-state index contributed by atoms with van der Waals surface area (Å²) in [6.45, 7) is 6.00. The molecule has 35 heavy (non-hydrogen) atoms. The second-order valence-electron chi connectivity index (χ2n) is 10.00. The summed E-state index contributed by atoms with van der Waals surface area (Å²) in [4.78, 5) is 31.9. The molecule has 0 aromatic heterocycles. The summed E-state index contributed by atoms with van der Waals surface area (Å²) in [5.41, 5.74) is 1.60. The molecule has 7 nitrogen and oxygen atoms in total. The molecular formula is C26H34FN3O4S. The van der Waals surface area contributed by atoms with Gasteiger partial charge in [0.05, 0.1) is 19.1 Å². The fourth-order valence-corrected chi connectivity index (χ4v) is 5.49. The van der Waals surface area contributed by atoms with E-state index in [4.69, 9.17) is 22.1 Å². The van der Waals surface area contributed by atoms with Crippen molar-refractivity contribution < 1.29 is 23.5 Å². The minimum absolute atomic E-state index is 0.0435. The lowest BCUT2D eigenvalue weighted by Crippen LogP contribution is -2.55. The smallest absolute Gasteiger partial charge is 0.236 e. The molecule has 2 atom stereocenters. The summed E-state index contributed by atoms with van der Waals surface area (Å²) in [7, 11) is 0. The van der Waals surface area contributed by atoms with Gasteiger partial charge < -0.3 is 14.4 Å². The molecule has 1 aliphatic carbocycles. The molecule has 3 saturated heterocycles. The Morgan fingerprint density at radius 2 is 1.94 bits per heavy atom. The monoisotopic (exact) mass is 503 g/mol. The third-order valence-corrected chi connectivity index (χ3v) is 7.97. The molecule has 0 spiro atoms. The standard InChI is InChI=1S/C26H34FN3O4S/c1-17-33-24(34-17)16-29-13-12-28(15-23(29)31)10-8-19-14-30(11-9-22(19)35)25(26(32)18-6-7-18)20-4-2-3-5-21(20)27/h2-5,8,17-18,22,24-25,35H,6-7,9-16H2,1H3/b19-8+. The van der Waals surface area contributed by atoms with Crippen molar-refractivity contribution in [1.82, 2.24) is 14.7 Å². The number of piperidine rings is 1. The number of thiol groups is 1. The van der Waals surface area contributed by atoms with Gasteiger partial charge in [-0.2, -0.15) is 12.6 Å².